The van der Waals surface area contributed by atoms with E-state index in [1.54, 1.807) is 14.2 Å². The summed E-state index contributed by atoms with van der Waals surface area (Å²) in [7, 11) is 3.46. The second-order valence-corrected chi connectivity index (χ2v) is 4.34. The zero-order valence-corrected chi connectivity index (χ0v) is 11.2. The molecule has 0 radical (unpaired) electrons. The number of hydrogen-bond donors (Lipinski definition) is 1. The fraction of sp³-hybridized carbons (Fsp3) is 1.00. The minimum absolute atomic E-state index is 0.251. The van der Waals surface area contributed by atoms with Crippen molar-refractivity contribution < 1.29 is 9.47 Å². The highest BCUT2D eigenvalue weighted by Gasteiger charge is 2.16. The van der Waals surface area contributed by atoms with Crippen LogP contribution in [0.25, 0.3) is 0 Å². The third-order valence-corrected chi connectivity index (χ3v) is 2.74. The molecule has 0 rings (SSSR count). The second-order valence-electron chi connectivity index (χ2n) is 4.34. The number of methoxy groups -OCH3 is 2. The zero-order chi connectivity index (χ0) is 12.4. The lowest BCUT2D eigenvalue weighted by atomic mass is 10.1. The Morgan fingerprint density at radius 2 is 1.94 bits per heavy atom. The van der Waals surface area contributed by atoms with Crippen LogP contribution in [0.5, 0.6) is 0 Å². The standard InChI is InChI=1S/C12H28N2O2/c1-5-6-12(13)9-14(7-8-15-3)11(2)10-16-4/h11-12H,5-10,13H2,1-4H3. The third-order valence-electron chi connectivity index (χ3n) is 2.74. The molecule has 0 amide bonds. The van der Waals surface area contributed by atoms with Gasteiger partial charge in [0.2, 0.25) is 0 Å². The van der Waals surface area contributed by atoms with Crippen molar-refractivity contribution in [2.24, 2.45) is 5.73 Å². The molecule has 2 N–H and O–H groups in total. The summed E-state index contributed by atoms with van der Waals surface area (Å²) in [6, 6.07) is 0.643. The van der Waals surface area contributed by atoms with Gasteiger partial charge in [0.1, 0.15) is 0 Å². The van der Waals surface area contributed by atoms with Gasteiger partial charge in [-0.3, -0.25) is 4.90 Å². The predicted molar refractivity (Wildman–Crippen MR) is 67.7 cm³/mol. The quantitative estimate of drug-likeness (QED) is 0.613. The van der Waals surface area contributed by atoms with Crippen molar-refractivity contribution in [1.82, 2.24) is 4.90 Å². The van der Waals surface area contributed by atoms with Crippen molar-refractivity contribution in [3.05, 3.63) is 0 Å². The van der Waals surface area contributed by atoms with Crippen molar-refractivity contribution in [1.29, 1.82) is 0 Å². The molecular formula is C12H28N2O2. The lowest BCUT2D eigenvalue weighted by Crippen LogP contribution is -2.45. The van der Waals surface area contributed by atoms with E-state index in [2.05, 4.69) is 18.7 Å². The molecule has 0 saturated heterocycles. The Labute approximate surface area is 100 Å². The van der Waals surface area contributed by atoms with Crippen LogP contribution in [0.3, 0.4) is 0 Å². The van der Waals surface area contributed by atoms with Crippen LogP contribution < -0.4 is 5.73 Å². The summed E-state index contributed by atoms with van der Waals surface area (Å²) < 4.78 is 10.3. The summed E-state index contributed by atoms with van der Waals surface area (Å²) >= 11 is 0. The van der Waals surface area contributed by atoms with Crippen molar-refractivity contribution in [2.45, 2.75) is 38.8 Å². The second kappa shape index (κ2) is 10.0. The van der Waals surface area contributed by atoms with E-state index < -0.39 is 0 Å². The molecule has 0 saturated carbocycles. The fourth-order valence-corrected chi connectivity index (χ4v) is 1.81. The van der Waals surface area contributed by atoms with E-state index in [-0.39, 0.29) is 6.04 Å². The lowest BCUT2D eigenvalue weighted by Gasteiger charge is -2.30. The first kappa shape index (κ1) is 15.8. The fourth-order valence-electron chi connectivity index (χ4n) is 1.81. The minimum Gasteiger partial charge on any atom is -0.383 e. The molecule has 0 spiro atoms. The molecule has 2 atom stereocenters. The molecule has 0 aliphatic carbocycles. The van der Waals surface area contributed by atoms with Gasteiger partial charge >= 0.3 is 0 Å². The van der Waals surface area contributed by atoms with Gasteiger partial charge < -0.3 is 15.2 Å². The van der Waals surface area contributed by atoms with E-state index in [0.717, 1.165) is 39.1 Å². The number of nitrogens with zero attached hydrogens (tertiary/aromatic N) is 1. The maximum atomic E-state index is 6.07. The van der Waals surface area contributed by atoms with Gasteiger partial charge in [0.25, 0.3) is 0 Å². The van der Waals surface area contributed by atoms with Crippen LogP contribution in [0.15, 0.2) is 0 Å². The molecular weight excluding hydrogens is 204 g/mol. The smallest absolute Gasteiger partial charge is 0.0615 e. The highest BCUT2D eigenvalue weighted by molar-refractivity contribution is 4.73. The Hall–Kier alpha value is -0.160. The van der Waals surface area contributed by atoms with E-state index >= 15 is 0 Å². The molecule has 0 aromatic rings. The summed E-state index contributed by atoms with van der Waals surface area (Å²) in [5, 5.41) is 0. The first-order chi connectivity index (χ1) is 7.65. The lowest BCUT2D eigenvalue weighted by molar-refractivity contribution is 0.0708. The van der Waals surface area contributed by atoms with Crippen LogP contribution in [0.1, 0.15) is 26.7 Å². The number of hydrogen-bond acceptors (Lipinski definition) is 4. The van der Waals surface area contributed by atoms with E-state index in [1.807, 2.05) is 0 Å². The molecule has 0 heterocycles. The molecule has 4 nitrogen and oxygen atoms in total. The Morgan fingerprint density at radius 3 is 2.44 bits per heavy atom. The van der Waals surface area contributed by atoms with Crippen LogP contribution in [-0.2, 0) is 9.47 Å². The average molecular weight is 232 g/mol. The molecule has 0 aliphatic rings. The SMILES string of the molecule is CCCC(N)CN(CCOC)C(C)COC. The number of nitrogens with two attached hydrogens (primary N) is 1. The minimum atomic E-state index is 0.251. The van der Waals surface area contributed by atoms with Gasteiger partial charge in [-0.1, -0.05) is 13.3 Å². The topological polar surface area (TPSA) is 47.7 Å². The molecule has 0 aromatic carbocycles. The molecule has 0 fully saturated rings. The Bertz CT molecular complexity index is 156. The normalized spacial score (nSPS) is 15.4. The maximum absolute atomic E-state index is 6.07. The highest BCUT2D eigenvalue weighted by atomic mass is 16.5. The van der Waals surface area contributed by atoms with E-state index in [9.17, 15) is 0 Å². The van der Waals surface area contributed by atoms with Crippen molar-refractivity contribution in [3.63, 3.8) is 0 Å². The molecule has 16 heavy (non-hydrogen) atoms. The summed E-state index contributed by atoms with van der Waals surface area (Å²) in [6.45, 7) is 7.64. The van der Waals surface area contributed by atoms with Crippen LogP contribution in [0.2, 0.25) is 0 Å². The molecule has 4 heteroatoms. The van der Waals surface area contributed by atoms with E-state index in [1.165, 1.54) is 0 Å². The summed E-state index contributed by atoms with van der Waals surface area (Å²) in [6.07, 6.45) is 2.21. The van der Waals surface area contributed by atoms with Gasteiger partial charge in [0.05, 0.1) is 13.2 Å². The molecule has 2 unspecified atom stereocenters. The summed E-state index contributed by atoms with van der Waals surface area (Å²) in [4.78, 5) is 2.34. The van der Waals surface area contributed by atoms with Gasteiger partial charge in [0, 0.05) is 39.4 Å². The first-order valence-electron chi connectivity index (χ1n) is 6.13. The van der Waals surface area contributed by atoms with Gasteiger partial charge in [-0.05, 0) is 13.3 Å². The van der Waals surface area contributed by atoms with Gasteiger partial charge in [0.15, 0.2) is 0 Å². The van der Waals surface area contributed by atoms with Crippen molar-refractivity contribution >= 4 is 0 Å². The molecule has 0 aliphatic heterocycles. The summed E-state index contributed by atoms with van der Waals surface area (Å²) in [5.74, 6) is 0. The number of rotatable bonds is 10. The van der Waals surface area contributed by atoms with Gasteiger partial charge in [-0.15, -0.1) is 0 Å². The Balaban J connectivity index is 4.07. The van der Waals surface area contributed by atoms with E-state index in [0.29, 0.717) is 6.04 Å². The van der Waals surface area contributed by atoms with Gasteiger partial charge in [-0.2, -0.15) is 0 Å². The van der Waals surface area contributed by atoms with Crippen LogP contribution >= 0.6 is 0 Å². The molecule has 0 bridgehead atoms. The Morgan fingerprint density at radius 1 is 1.25 bits per heavy atom. The highest BCUT2D eigenvalue weighted by Crippen LogP contribution is 2.03. The van der Waals surface area contributed by atoms with Gasteiger partial charge in [-0.25, -0.2) is 0 Å². The van der Waals surface area contributed by atoms with Crippen LogP contribution in [0.4, 0.5) is 0 Å². The zero-order valence-electron chi connectivity index (χ0n) is 11.2. The van der Waals surface area contributed by atoms with Crippen molar-refractivity contribution in [2.75, 3.05) is 40.5 Å². The Kier molecular flexibility index (Phi) is 9.92. The molecule has 98 valence electrons. The third kappa shape index (κ3) is 7.17. The van der Waals surface area contributed by atoms with E-state index in [4.69, 9.17) is 15.2 Å². The number of ether oxygens (including phenoxy) is 2. The van der Waals surface area contributed by atoms with Crippen LogP contribution in [0, 0.1) is 0 Å². The average Bonchev–Trinajstić information content (AvgIpc) is 2.24. The monoisotopic (exact) mass is 232 g/mol. The predicted octanol–water partition coefficient (Wildman–Crippen LogP) is 1.10. The largest absolute Gasteiger partial charge is 0.383 e. The van der Waals surface area contributed by atoms with Crippen LogP contribution in [-0.4, -0.2) is 57.5 Å². The van der Waals surface area contributed by atoms with Crippen molar-refractivity contribution in [3.8, 4) is 0 Å². The summed E-state index contributed by atoms with van der Waals surface area (Å²) in [5.41, 5.74) is 6.07. The maximum Gasteiger partial charge on any atom is 0.0615 e. The molecule has 0 aromatic heterocycles. The first-order valence-corrected chi connectivity index (χ1v) is 6.13.